The molecule has 6 nitrogen and oxygen atoms in total. The van der Waals surface area contributed by atoms with Crippen LogP contribution < -0.4 is 24.4 Å². The second kappa shape index (κ2) is 6.44. The summed E-state index contributed by atoms with van der Waals surface area (Å²) >= 11 is 0. The average molecular weight is 394 g/mol. The van der Waals surface area contributed by atoms with Gasteiger partial charge < -0.3 is 23.4 Å². The highest BCUT2D eigenvalue weighted by Gasteiger charge is 2.32. The van der Waals surface area contributed by atoms with Gasteiger partial charge in [0.1, 0.15) is 29.8 Å². The normalized spacial score (nSPS) is 16.7. The third kappa shape index (κ3) is 2.58. The van der Waals surface area contributed by atoms with Crippen LogP contribution in [-0.2, 0) is 13.0 Å². The first kappa shape index (κ1) is 17.9. The summed E-state index contributed by atoms with van der Waals surface area (Å²) in [6.45, 7) is 4.44. The van der Waals surface area contributed by atoms with Crippen LogP contribution in [0.1, 0.15) is 25.2 Å². The van der Waals surface area contributed by atoms with Crippen molar-refractivity contribution >= 4 is 11.0 Å². The van der Waals surface area contributed by atoms with Crippen molar-refractivity contribution < 1.29 is 23.4 Å². The lowest BCUT2D eigenvalue weighted by atomic mass is 9.96. The van der Waals surface area contributed by atoms with Gasteiger partial charge in [0.05, 0.1) is 25.2 Å². The van der Waals surface area contributed by atoms with Gasteiger partial charge in [-0.15, -0.1) is 0 Å². The zero-order chi connectivity index (χ0) is 20.3. The Morgan fingerprint density at radius 2 is 1.83 bits per heavy atom. The monoisotopic (exact) mass is 394 g/mol. The van der Waals surface area contributed by atoms with Gasteiger partial charge in [-0.3, -0.25) is 4.79 Å². The van der Waals surface area contributed by atoms with E-state index in [1.807, 2.05) is 6.07 Å². The van der Waals surface area contributed by atoms with Crippen molar-refractivity contribution in [3.05, 3.63) is 45.8 Å². The van der Waals surface area contributed by atoms with Crippen molar-refractivity contribution in [2.24, 2.45) is 5.92 Å². The van der Waals surface area contributed by atoms with Crippen LogP contribution in [0, 0.1) is 5.92 Å². The number of methoxy groups -OCH3 is 2. The Kier molecular flexibility index (Phi) is 3.98. The molecule has 1 aromatic heterocycles. The molecule has 0 amide bonds. The van der Waals surface area contributed by atoms with Gasteiger partial charge in [0, 0.05) is 23.6 Å². The van der Waals surface area contributed by atoms with Gasteiger partial charge >= 0.3 is 0 Å². The SMILES string of the molecule is COc1cc2c(cc1OC)-c1c(oc3c4c(ccc3c1=O)OC(C(C)C)C4)CO2. The van der Waals surface area contributed by atoms with E-state index in [0.29, 0.717) is 51.0 Å². The molecule has 0 spiro atoms. The van der Waals surface area contributed by atoms with Crippen LogP contribution in [0.3, 0.4) is 0 Å². The van der Waals surface area contributed by atoms with Gasteiger partial charge in [0.2, 0.25) is 5.43 Å². The molecule has 2 aliphatic rings. The first-order valence-corrected chi connectivity index (χ1v) is 9.69. The zero-order valence-electron chi connectivity index (χ0n) is 16.8. The Hall–Kier alpha value is -3.15. The molecule has 0 bridgehead atoms. The molecule has 0 saturated carbocycles. The minimum absolute atomic E-state index is 0.0752. The standard InChI is InChI=1S/C23H22O6/c1-11(2)16-8-14-15(28-16)6-5-12-22(24)21-13-7-18(25-3)19(26-4)9-17(13)27-10-20(21)29-23(12)14/h5-7,9,11,16H,8,10H2,1-4H3. The molecule has 2 aliphatic heterocycles. The molecule has 0 radical (unpaired) electrons. The van der Waals surface area contributed by atoms with Crippen LogP contribution in [-0.4, -0.2) is 20.3 Å². The Balaban J connectivity index is 1.73. The van der Waals surface area contributed by atoms with Crippen LogP contribution >= 0.6 is 0 Å². The summed E-state index contributed by atoms with van der Waals surface area (Å²) < 4.78 is 28.9. The summed E-state index contributed by atoms with van der Waals surface area (Å²) in [5.41, 5.74) is 2.64. The van der Waals surface area contributed by atoms with E-state index in [2.05, 4.69) is 13.8 Å². The summed E-state index contributed by atoms with van der Waals surface area (Å²) in [4.78, 5) is 13.5. The first-order valence-electron chi connectivity index (χ1n) is 9.69. The van der Waals surface area contributed by atoms with Crippen molar-refractivity contribution in [3.63, 3.8) is 0 Å². The first-order chi connectivity index (χ1) is 14.0. The van der Waals surface area contributed by atoms with Crippen LogP contribution in [0.5, 0.6) is 23.0 Å². The predicted octanol–water partition coefficient (Wildman–Crippen LogP) is 4.33. The molecule has 0 fully saturated rings. The number of benzene rings is 2. The fourth-order valence-electron chi connectivity index (χ4n) is 4.11. The molecule has 0 aliphatic carbocycles. The Labute approximate surface area is 167 Å². The van der Waals surface area contributed by atoms with Crippen molar-refractivity contribution in [3.8, 4) is 34.1 Å². The Morgan fingerprint density at radius 3 is 2.55 bits per heavy atom. The molecule has 5 rings (SSSR count). The summed E-state index contributed by atoms with van der Waals surface area (Å²) in [5.74, 6) is 3.34. The number of rotatable bonds is 3. The third-order valence-corrected chi connectivity index (χ3v) is 5.73. The highest BCUT2D eigenvalue weighted by Crippen LogP contribution is 2.45. The number of hydrogen-bond acceptors (Lipinski definition) is 6. The van der Waals surface area contributed by atoms with Crippen LogP contribution in [0.2, 0.25) is 0 Å². The van der Waals surface area contributed by atoms with Gasteiger partial charge in [-0.05, 0) is 24.1 Å². The molecule has 1 atom stereocenters. The Bertz CT molecular complexity index is 1190. The van der Waals surface area contributed by atoms with Crippen molar-refractivity contribution in [2.75, 3.05) is 14.2 Å². The summed E-state index contributed by atoms with van der Waals surface area (Å²) in [6, 6.07) is 7.17. The molecule has 1 unspecified atom stereocenters. The maximum atomic E-state index is 13.5. The van der Waals surface area contributed by atoms with E-state index < -0.39 is 0 Å². The van der Waals surface area contributed by atoms with Crippen LogP contribution in [0.15, 0.2) is 33.5 Å². The molecule has 29 heavy (non-hydrogen) atoms. The van der Waals surface area contributed by atoms with Gasteiger partial charge in [0.15, 0.2) is 17.3 Å². The van der Waals surface area contributed by atoms with E-state index in [1.165, 1.54) is 0 Å². The van der Waals surface area contributed by atoms with E-state index in [0.717, 1.165) is 17.7 Å². The highest BCUT2D eigenvalue weighted by atomic mass is 16.5. The molecule has 0 N–H and O–H groups in total. The average Bonchev–Trinajstić information content (AvgIpc) is 3.17. The largest absolute Gasteiger partial charge is 0.493 e. The van der Waals surface area contributed by atoms with Crippen molar-refractivity contribution in [2.45, 2.75) is 33.0 Å². The molecule has 3 heterocycles. The van der Waals surface area contributed by atoms with E-state index >= 15 is 0 Å². The van der Waals surface area contributed by atoms with Gasteiger partial charge in [0.25, 0.3) is 0 Å². The lowest BCUT2D eigenvalue weighted by Crippen LogP contribution is -2.19. The van der Waals surface area contributed by atoms with Gasteiger partial charge in [-0.2, -0.15) is 0 Å². The zero-order valence-corrected chi connectivity index (χ0v) is 16.8. The quantitative estimate of drug-likeness (QED) is 0.659. The lowest BCUT2D eigenvalue weighted by Gasteiger charge is -2.21. The number of hydrogen-bond donors (Lipinski definition) is 0. The van der Waals surface area contributed by atoms with E-state index in [9.17, 15) is 4.79 Å². The second-order valence-electron chi connectivity index (χ2n) is 7.74. The molecule has 0 saturated heterocycles. The predicted molar refractivity (Wildman–Crippen MR) is 108 cm³/mol. The molecule has 6 heteroatoms. The van der Waals surface area contributed by atoms with Gasteiger partial charge in [-0.1, -0.05) is 13.8 Å². The maximum absolute atomic E-state index is 13.5. The number of ether oxygens (including phenoxy) is 4. The third-order valence-electron chi connectivity index (χ3n) is 5.73. The van der Waals surface area contributed by atoms with E-state index in [1.54, 1.807) is 32.4 Å². The van der Waals surface area contributed by atoms with Crippen LogP contribution in [0.25, 0.3) is 22.1 Å². The summed E-state index contributed by atoms with van der Waals surface area (Å²) in [7, 11) is 3.13. The lowest BCUT2D eigenvalue weighted by molar-refractivity contribution is 0.179. The minimum atomic E-state index is -0.0752. The molecule has 2 aromatic carbocycles. The maximum Gasteiger partial charge on any atom is 0.201 e. The minimum Gasteiger partial charge on any atom is -0.493 e. The molecular formula is C23H22O6. The Morgan fingerprint density at radius 1 is 1.07 bits per heavy atom. The molecule has 3 aromatic rings. The highest BCUT2D eigenvalue weighted by molar-refractivity contribution is 5.89. The van der Waals surface area contributed by atoms with Crippen molar-refractivity contribution in [1.82, 2.24) is 0 Å². The second-order valence-corrected chi connectivity index (χ2v) is 7.74. The smallest absolute Gasteiger partial charge is 0.201 e. The van der Waals surface area contributed by atoms with Crippen molar-refractivity contribution in [1.29, 1.82) is 0 Å². The summed E-state index contributed by atoms with van der Waals surface area (Å²) in [5, 5.41) is 0.554. The van der Waals surface area contributed by atoms with Gasteiger partial charge in [-0.25, -0.2) is 0 Å². The molecule has 150 valence electrons. The number of fused-ring (bicyclic) bond motifs is 6. The topological polar surface area (TPSA) is 67.1 Å². The molecular weight excluding hydrogens is 372 g/mol. The van der Waals surface area contributed by atoms with Crippen LogP contribution in [0.4, 0.5) is 0 Å². The summed E-state index contributed by atoms with van der Waals surface area (Å²) in [6.07, 6.45) is 0.819. The van der Waals surface area contributed by atoms with E-state index in [-0.39, 0.29) is 18.1 Å². The van der Waals surface area contributed by atoms with E-state index in [4.69, 9.17) is 23.4 Å². The fourth-order valence-corrected chi connectivity index (χ4v) is 4.11. The fraction of sp³-hybridized carbons (Fsp3) is 0.348.